The lowest BCUT2D eigenvalue weighted by atomic mass is 9.60. The van der Waals surface area contributed by atoms with Crippen LogP contribution in [0, 0.1) is 0 Å². The number of rotatable bonds is 3. The average molecular weight is 284 g/mol. The molecule has 2 aromatic carbocycles. The van der Waals surface area contributed by atoms with E-state index in [0.29, 0.717) is 0 Å². The number of benzene rings is 2. The second-order valence-electron chi connectivity index (χ2n) is 5.83. The van der Waals surface area contributed by atoms with Crippen molar-refractivity contribution in [3.63, 3.8) is 0 Å². The predicted octanol–water partition coefficient (Wildman–Crippen LogP) is 3.25. The van der Waals surface area contributed by atoms with Gasteiger partial charge in [0.15, 0.2) is 0 Å². The molecule has 0 unspecified atom stereocenters. The van der Waals surface area contributed by atoms with E-state index < -0.39 is 0 Å². The standard InChI is InChI=1S/C17H19BClN/c1-17(2,3)20-13-14-9-7-8-12-16(14)18(19)15-10-5-4-6-11-15/h4-13H,1-3H3. The first kappa shape index (κ1) is 14.9. The third-order valence-electron chi connectivity index (χ3n) is 2.95. The maximum Gasteiger partial charge on any atom is 0.316 e. The minimum atomic E-state index is -0.154. The Labute approximate surface area is 126 Å². The zero-order valence-corrected chi connectivity index (χ0v) is 12.9. The highest BCUT2D eigenvalue weighted by atomic mass is 35.5. The van der Waals surface area contributed by atoms with Gasteiger partial charge in [-0.1, -0.05) is 60.1 Å². The molecule has 0 aliphatic rings. The molecule has 2 rings (SSSR count). The fraction of sp³-hybridized carbons (Fsp3) is 0.235. The van der Waals surface area contributed by atoms with Gasteiger partial charge in [0.2, 0.25) is 0 Å². The molecule has 0 amide bonds. The summed E-state index contributed by atoms with van der Waals surface area (Å²) < 4.78 is 0. The fourth-order valence-electron chi connectivity index (χ4n) is 1.92. The molecule has 0 heterocycles. The Hall–Kier alpha value is -1.54. The van der Waals surface area contributed by atoms with Crippen LogP contribution >= 0.6 is 11.5 Å². The SMILES string of the molecule is CC(C)(C)N=Cc1ccccc1B(Cl)c1ccccc1. The van der Waals surface area contributed by atoms with Crippen LogP contribution in [0.5, 0.6) is 0 Å². The molecule has 0 radical (unpaired) electrons. The van der Waals surface area contributed by atoms with E-state index >= 15 is 0 Å². The van der Waals surface area contributed by atoms with Crippen molar-refractivity contribution < 1.29 is 0 Å². The molecule has 0 saturated heterocycles. The van der Waals surface area contributed by atoms with Crippen LogP contribution in [0.15, 0.2) is 59.6 Å². The third-order valence-corrected chi connectivity index (χ3v) is 3.44. The molecule has 0 bridgehead atoms. The predicted molar refractivity (Wildman–Crippen MR) is 91.1 cm³/mol. The van der Waals surface area contributed by atoms with Crippen molar-refractivity contribution >= 4 is 34.7 Å². The van der Waals surface area contributed by atoms with Gasteiger partial charge in [-0.2, -0.15) is 11.5 Å². The second kappa shape index (κ2) is 6.28. The van der Waals surface area contributed by atoms with E-state index in [1.165, 1.54) is 0 Å². The molecule has 3 heteroatoms. The largest absolute Gasteiger partial charge is 0.316 e. The smallest absolute Gasteiger partial charge is 0.287 e. The highest BCUT2D eigenvalue weighted by Gasteiger charge is 2.18. The van der Waals surface area contributed by atoms with Gasteiger partial charge in [0.25, 0.3) is 0 Å². The molecule has 0 fully saturated rings. The minimum absolute atomic E-state index is 0.0817. The summed E-state index contributed by atoms with van der Waals surface area (Å²) in [5.41, 5.74) is 3.19. The van der Waals surface area contributed by atoms with Crippen LogP contribution in [-0.4, -0.2) is 17.9 Å². The van der Waals surface area contributed by atoms with Gasteiger partial charge < -0.3 is 0 Å². The van der Waals surface area contributed by atoms with Crippen molar-refractivity contribution in [2.45, 2.75) is 26.3 Å². The highest BCUT2D eigenvalue weighted by Crippen LogP contribution is 2.07. The van der Waals surface area contributed by atoms with Gasteiger partial charge in [-0.05, 0) is 31.8 Å². The molecule has 1 nitrogen and oxygen atoms in total. The summed E-state index contributed by atoms with van der Waals surface area (Å²) in [6, 6.07) is 18.3. The van der Waals surface area contributed by atoms with Gasteiger partial charge in [-0.15, -0.1) is 0 Å². The van der Waals surface area contributed by atoms with E-state index in [2.05, 4.69) is 50.0 Å². The Morgan fingerprint density at radius 2 is 1.55 bits per heavy atom. The van der Waals surface area contributed by atoms with Crippen LogP contribution in [0.25, 0.3) is 0 Å². The lowest BCUT2D eigenvalue weighted by molar-refractivity contribution is 0.587. The van der Waals surface area contributed by atoms with Gasteiger partial charge in [0.05, 0.1) is 5.54 Å². The maximum atomic E-state index is 6.63. The van der Waals surface area contributed by atoms with Crippen molar-refractivity contribution in [3.05, 3.63) is 60.2 Å². The molecule has 20 heavy (non-hydrogen) atoms. The summed E-state index contributed by atoms with van der Waals surface area (Å²) in [5, 5.41) is 0. The Balaban J connectivity index is 2.35. The van der Waals surface area contributed by atoms with E-state index in [1.54, 1.807) is 0 Å². The summed E-state index contributed by atoms with van der Waals surface area (Å²) in [7, 11) is 0. The summed E-state index contributed by atoms with van der Waals surface area (Å²) in [4.78, 5) is 4.58. The van der Waals surface area contributed by atoms with Crippen molar-refractivity contribution in [1.29, 1.82) is 0 Å². The van der Waals surface area contributed by atoms with E-state index in [0.717, 1.165) is 16.5 Å². The van der Waals surface area contributed by atoms with Crippen LogP contribution in [0.3, 0.4) is 0 Å². The monoisotopic (exact) mass is 283 g/mol. The molecule has 0 aliphatic carbocycles. The van der Waals surface area contributed by atoms with Crippen molar-refractivity contribution in [2.75, 3.05) is 0 Å². The lowest BCUT2D eigenvalue weighted by Crippen LogP contribution is -2.39. The maximum absolute atomic E-state index is 6.63. The van der Waals surface area contributed by atoms with Gasteiger partial charge >= 0.3 is 6.13 Å². The van der Waals surface area contributed by atoms with E-state index in [4.69, 9.17) is 11.5 Å². The summed E-state index contributed by atoms with van der Waals surface area (Å²) in [6.45, 7) is 6.25. The Kier molecular flexibility index (Phi) is 4.67. The van der Waals surface area contributed by atoms with Gasteiger partial charge in [-0.25, -0.2) is 0 Å². The number of aliphatic imine (C=N–C) groups is 1. The Bertz CT molecular complexity index is 587. The molecular weight excluding hydrogens is 264 g/mol. The van der Waals surface area contributed by atoms with Crippen LogP contribution in [-0.2, 0) is 0 Å². The van der Waals surface area contributed by atoms with Crippen molar-refractivity contribution in [3.8, 4) is 0 Å². The zero-order valence-electron chi connectivity index (χ0n) is 12.2. The molecule has 0 saturated carbocycles. The molecule has 0 spiro atoms. The number of halogens is 1. The second-order valence-corrected chi connectivity index (χ2v) is 6.27. The molecule has 0 N–H and O–H groups in total. The average Bonchev–Trinajstić information content (AvgIpc) is 2.45. The lowest BCUT2D eigenvalue weighted by Gasteiger charge is -2.13. The fourth-order valence-corrected chi connectivity index (χ4v) is 2.27. The van der Waals surface area contributed by atoms with Crippen LogP contribution in [0.4, 0.5) is 0 Å². The van der Waals surface area contributed by atoms with Gasteiger partial charge in [-0.3, -0.25) is 4.99 Å². The Morgan fingerprint density at radius 1 is 0.950 bits per heavy atom. The molecular formula is C17H19BClN. The first-order valence-corrected chi connectivity index (χ1v) is 7.24. The quantitative estimate of drug-likeness (QED) is 0.606. The molecule has 0 aliphatic heterocycles. The molecule has 0 aromatic heterocycles. The normalized spacial score (nSPS) is 11.8. The zero-order chi connectivity index (χ0) is 14.6. The minimum Gasteiger partial charge on any atom is -0.287 e. The highest BCUT2D eigenvalue weighted by molar-refractivity contribution is 7.21. The van der Waals surface area contributed by atoms with Crippen LogP contribution in [0.1, 0.15) is 26.3 Å². The van der Waals surface area contributed by atoms with Gasteiger partial charge in [0, 0.05) is 6.21 Å². The van der Waals surface area contributed by atoms with Crippen LogP contribution in [0.2, 0.25) is 0 Å². The summed E-state index contributed by atoms with van der Waals surface area (Å²) in [6.07, 6.45) is 1.77. The first-order chi connectivity index (χ1) is 9.47. The molecule has 0 atom stereocenters. The van der Waals surface area contributed by atoms with Crippen LogP contribution < -0.4 is 10.9 Å². The first-order valence-electron chi connectivity index (χ1n) is 6.80. The third kappa shape index (κ3) is 3.98. The molecule has 102 valence electrons. The van der Waals surface area contributed by atoms with E-state index in [1.807, 2.05) is 36.5 Å². The van der Waals surface area contributed by atoms with E-state index in [-0.39, 0.29) is 11.7 Å². The summed E-state index contributed by atoms with van der Waals surface area (Å²) >= 11 is 6.63. The summed E-state index contributed by atoms with van der Waals surface area (Å²) in [5.74, 6) is 0. The Morgan fingerprint density at radius 3 is 2.20 bits per heavy atom. The number of nitrogens with zero attached hydrogens (tertiary/aromatic N) is 1. The van der Waals surface area contributed by atoms with Crippen molar-refractivity contribution in [1.82, 2.24) is 0 Å². The molecule has 2 aromatic rings. The number of hydrogen-bond acceptors (Lipinski definition) is 1. The van der Waals surface area contributed by atoms with Crippen molar-refractivity contribution in [2.24, 2.45) is 4.99 Å². The number of hydrogen-bond donors (Lipinski definition) is 0. The van der Waals surface area contributed by atoms with E-state index in [9.17, 15) is 0 Å². The van der Waals surface area contributed by atoms with Gasteiger partial charge in [0.1, 0.15) is 0 Å². The topological polar surface area (TPSA) is 12.4 Å².